The summed E-state index contributed by atoms with van der Waals surface area (Å²) >= 11 is 0. The molecule has 0 unspecified atom stereocenters. The molecule has 80 valence electrons. The molecule has 0 saturated carbocycles. The van der Waals surface area contributed by atoms with E-state index in [9.17, 15) is 0 Å². The Hall–Kier alpha value is -1.69. The van der Waals surface area contributed by atoms with Gasteiger partial charge >= 0.3 is 0 Å². The summed E-state index contributed by atoms with van der Waals surface area (Å²) in [5.41, 5.74) is 2.05. The van der Waals surface area contributed by atoms with E-state index >= 15 is 0 Å². The first-order valence-electron chi connectivity index (χ1n) is 4.78. The number of hydrogen-bond donors (Lipinski definition) is 1. The summed E-state index contributed by atoms with van der Waals surface area (Å²) in [6.07, 6.45) is 5.55. The van der Waals surface area contributed by atoms with E-state index in [0.29, 0.717) is 6.54 Å². The lowest BCUT2D eigenvalue weighted by atomic mass is 10.4. The molecule has 1 N–H and O–H groups in total. The summed E-state index contributed by atoms with van der Waals surface area (Å²) in [5.74, 6) is 0. The van der Waals surface area contributed by atoms with E-state index in [1.165, 1.54) is 0 Å². The van der Waals surface area contributed by atoms with Crippen LogP contribution in [0.4, 0.5) is 0 Å². The second-order valence-electron chi connectivity index (χ2n) is 3.43. The Morgan fingerprint density at radius 3 is 3.00 bits per heavy atom. The summed E-state index contributed by atoms with van der Waals surface area (Å²) in [5, 5.41) is 11.1. The summed E-state index contributed by atoms with van der Waals surface area (Å²) in [4.78, 5) is 4.05. The molecule has 0 saturated heterocycles. The molecule has 2 aromatic rings. The van der Waals surface area contributed by atoms with Gasteiger partial charge in [0, 0.05) is 13.6 Å². The average Bonchev–Trinajstić information content (AvgIpc) is 2.79. The first-order chi connectivity index (χ1) is 7.29. The second kappa shape index (κ2) is 4.22. The van der Waals surface area contributed by atoms with Crippen molar-refractivity contribution in [3.05, 3.63) is 30.1 Å². The van der Waals surface area contributed by atoms with Gasteiger partial charge in [-0.2, -0.15) is 0 Å². The van der Waals surface area contributed by atoms with Crippen molar-refractivity contribution in [2.45, 2.75) is 13.1 Å². The summed E-state index contributed by atoms with van der Waals surface area (Å²) in [6.45, 7) is 1.44. The Morgan fingerprint density at radius 2 is 2.33 bits per heavy atom. The lowest BCUT2D eigenvalue weighted by Crippen LogP contribution is -2.05. The van der Waals surface area contributed by atoms with Crippen molar-refractivity contribution in [2.24, 2.45) is 7.05 Å². The quantitative estimate of drug-likeness (QED) is 0.751. The van der Waals surface area contributed by atoms with E-state index in [1.807, 2.05) is 35.7 Å². The van der Waals surface area contributed by atoms with Crippen LogP contribution in [0.3, 0.4) is 0 Å². The molecule has 2 rings (SSSR count). The largest absolute Gasteiger partial charge is 0.336 e. The van der Waals surface area contributed by atoms with E-state index in [4.69, 9.17) is 0 Å². The molecule has 0 aliphatic rings. The minimum Gasteiger partial charge on any atom is -0.336 e. The lowest BCUT2D eigenvalue weighted by Gasteiger charge is -2.00. The Bertz CT molecular complexity index is 429. The first kappa shape index (κ1) is 9.85. The molecule has 6 nitrogen and oxygen atoms in total. The molecule has 0 radical (unpaired) electrons. The average molecular weight is 206 g/mol. The minimum atomic E-state index is 0.702. The van der Waals surface area contributed by atoms with E-state index in [1.54, 1.807) is 6.33 Å². The Balaban J connectivity index is 2.08. The summed E-state index contributed by atoms with van der Waals surface area (Å²) in [7, 11) is 3.86. The van der Waals surface area contributed by atoms with E-state index < -0.39 is 0 Å². The molecule has 0 aliphatic heterocycles. The summed E-state index contributed by atoms with van der Waals surface area (Å²) < 4.78 is 3.78. The van der Waals surface area contributed by atoms with Gasteiger partial charge in [-0.05, 0) is 7.05 Å². The van der Waals surface area contributed by atoms with Crippen molar-refractivity contribution in [1.29, 1.82) is 0 Å². The van der Waals surface area contributed by atoms with Gasteiger partial charge in [0.1, 0.15) is 0 Å². The van der Waals surface area contributed by atoms with Crippen LogP contribution in [0.2, 0.25) is 0 Å². The minimum absolute atomic E-state index is 0.702. The van der Waals surface area contributed by atoms with E-state index in [-0.39, 0.29) is 0 Å². The molecule has 0 aliphatic carbocycles. The molecule has 0 aromatic carbocycles. The van der Waals surface area contributed by atoms with Crippen LogP contribution in [-0.4, -0.2) is 31.6 Å². The molecule has 2 heterocycles. The number of nitrogens with one attached hydrogen (secondary N) is 1. The molecule has 6 heteroatoms. The third-order valence-corrected chi connectivity index (χ3v) is 2.18. The Morgan fingerprint density at radius 1 is 1.47 bits per heavy atom. The second-order valence-corrected chi connectivity index (χ2v) is 3.43. The fourth-order valence-electron chi connectivity index (χ4n) is 1.38. The fraction of sp³-hybridized carbons (Fsp3) is 0.444. The van der Waals surface area contributed by atoms with Crippen molar-refractivity contribution in [1.82, 2.24) is 29.9 Å². The molecule has 15 heavy (non-hydrogen) atoms. The zero-order valence-electron chi connectivity index (χ0n) is 8.88. The zero-order chi connectivity index (χ0) is 10.7. The topological polar surface area (TPSA) is 60.6 Å². The monoisotopic (exact) mass is 206 g/mol. The molecule has 0 amide bonds. The highest BCUT2D eigenvalue weighted by Gasteiger charge is 2.02. The van der Waals surface area contributed by atoms with Gasteiger partial charge in [-0.3, -0.25) is 0 Å². The van der Waals surface area contributed by atoms with Crippen LogP contribution in [-0.2, 0) is 20.1 Å². The summed E-state index contributed by atoms with van der Waals surface area (Å²) in [6, 6.07) is 0. The van der Waals surface area contributed by atoms with Crippen LogP contribution in [0.5, 0.6) is 0 Å². The zero-order valence-corrected chi connectivity index (χ0v) is 8.88. The first-order valence-corrected chi connectivity index (χ1v) is 4.78. The standard InChI is InChI=1S/C9H14N6/c1-10-3-8-5-15(13-12-8)6-9-4-11-7-14(9)2/h4-5,7,10H,3,6H2,1-2H3. The van der Waals surface area contributed by atoms with E-state index in [0.717, 1.165) is 17.9 Å². The van der Waals surface area contributed by atoms with Gasteiger partial charge in [0.05, 0.1) is 36.7 Å². The van der Waals surface area contributed by atoms with Gasteiger partial charge in [-0.25, -0.2) is 9.67 Å². The van der Waals surface area contributed by atoms with Crippen molar-refractivity contribution in [3.63, 3.8) is 0 Å². The predicted octanol–water partition coefficient (Wildman–Crippen LogP) is -0.221. The molecule has 0 spiro atoms. The number of imidazole rings is 1. The third kappa shape index (κ3) is 2.21. The van der Waals surface area contributed by atoms with Crippen LogP contribution >= 0.6 is 0 Å². The fourth-order valence-corrected chi connectivity index (χ4v) is 1.38. The van der Waals surface area contributed by atoms with Gasteiger partial charge in [0.2, 0.25) is 0 Å². The number of hydrogen-bond acceptors (Lipinski definition) is 4. The van der Waals surface area contributed by atoms with Crippen LogP contribution in [0.25, 0.3) is 0 Å². The Kier molecular flexibility index (Phi) is 2.77. The van der Waals surface area contributed by atoms with Crippen molar-refractivity contribution >= 4 is 0 Å². The third-order valence-electron chi connectivity index (χ3n) is 2.18. The number of rotatable bonds is 4. The maximum atomic E-state index is 4.05. The maximum Gasteiger partial charge on any atom is 0.0964 e. The van der Waals surface area contributed by atoms with Crippen LogP contribution in [0.15, 0.2) is 18.7 Å². The number of aryl methyl sites for hydroxylation is 1. The molecule has 2 aromatic heterocycles. The van der Waals surface area contributed by atoms with Crippen LogP contribution in [0.1, 0.15) is 11.4 Å². The van der Waals surface area contributed by atoms with Crippen LogP contribution in [0, 0.1) is 0 Å². The maximum absolute atomic E-state index is 4.05. The highest BCUT2D eigenvalue weighted by Crippen LogP contribution is 2.00. The number of nitrogens with zero attached hydrogens (tertiary/aromatic N) is 5. The predicted molar refractivity (Wildman–Crippen MR) is 55.1 cm³/mol. The Labute approximate surface area is 87.9 Å². The smallest absolute Gasteiger partial charge is 0.0964 e. The van der Waals surface area contributed by atoms with Crippen molar-refractivity contribution in [2.75, 3.05) is 7.05 Å². The van der Waals surface area contributed by atoms with Gasteiger partial charge in [-0.1, -0.05) is 5.21 Å². The highest BCUT2D eigenvalue weighted by molar-refractivity contribution is 4.99. The van der Waals surface area contributed by atoms with E-state index in [2.05, 4.69) is 20.6 Å². The molecule has 0 fully saturated rings. The molecule has 0 bridgehead atoms. The van der Waals surface area contributed by atoms with Gasteiger partial charge < -0.3 is 9.88 Å². The van der Waals surface area contributed by atoms with Crippen molar-refractivity contribution < 1.29 is 0 Å². The van der Waals surface area contributed by atoms with Gasteiger partial charge in [-0.15, -0.1) is 5.10 Å². The SMILES string of the molecule is CNCc1cn(Cc2cncn2C)nn1. The van der Waals surface area contributed by atoms with Gasteiger partial charge in [0.15, 0.2) is 0 Å². The molecule has 0 atom stereocenters. The lowest BCUT2D eigenvalue weighted by molar-refractivity contribution is 0.620. The van der Waals surface area contributed by atoms with Crippen LogP contribution < -0.4 is 5.32 Å². The highest BCUT2D eigenvalue weighted by atomic mass is 15.4. The van der Waals surface area contributed by atoms with Gasteiger partial charge in [0.25, 0.3) is 0 Å². The molecular formula is C9H14N6. The normalized spacial score (nSPS) is 10.8. The number of aromatic nitrogens is 5. The molecular weight excluding hydrogens is 192 g/mol. The van der Waals surface area contributed by atoms with Crippen molar-refractivity contribution in [3.8, 4) is 0 Å².